The maximum atomic E-state index is 12.1. The molecule has 0 aromatic carbocycles. The molecule has 1 rings (SSSR count). The van der Waals surface area contributed by atoms with Gasteiger partial charge in [-0.15, -0.1) is 0 Å². The van der Waals surface area contributed by atoms with Crippen LogP contribution in [0.4, 0.5) is 0 Å². The van der Waals surface area contributed by atoms with Crippen LogP contribution in [-0.4, -0.2) is 39.3 Å². The highest BCUT2D eigenvalue weighted by molar-refractivity contribution is 5.84. The number of carboxylic acid groups (broad SMARTS) is 1. The van der Waals surface area contributed by atoms with Gasteiger partial charge in [-0.25, -0.2) is 0 Å². The van der Waals surface area contributed by atoms with Crippen LogP contribution < -0.4 is 0 Å². The third-order valence-electron chi connectivity index (χ3n) is 4.71. The van der Waals surface area contributed by atoms with Gasteiger partial charge in [-0.2, -0.15) is 0 Å². The number of hydrogen-bond donors (Lipinski definition) is 3. The molecule has 0 spiro atoms. The van der Waals surface area contributed by atoms with Gasteiger partial charge in [0, 0.05) is 24.7 Å². The topological polar surface area (TPSA) is 94.8 Å². The molecule has 0 amide bonds. The zero-order valence-electron chi connectivity index (χ0n) is 15.1. The molecular weight excluding hydrogens is 320 g/mol. The summed E-state index contributed by atoms with van der Waals surface area (Å²) in [6, 6.07) is 0. The molecule has 0 aromatic rings. The Hall–Kier alpha value is -1.46. The van der Waals surface area contributed by atoms with Crippen molar-refractivity contribution in [2.75, 3.05) is 0 Å². The number of allylic oxidation sites excluding steroid dienone is 2. The first-order chi connectivity index (χ1) is 12.0. The molecule has 0 aromatic heterocycles. The van der Waals surface area contributed by atoms with Crippen molar-refractivity contribution in [1.29, 1.82) is 0 Å². The Morgan fingerprint density at radius 2 is 2.04 bits per heavy atom. The molecule has 0 heterocycles. The third-order valence-corrected chi connectivity index (χ3v) is 4.71. The summed E-state index contributed by atoms with van der Waals surface area (Å²) >= 11 is 0. The summed E-state index contributed by atoms with van der Waals surface area (Å²) in [6.07, 6.45) is 12.1. The molecule has 25 heavy (non-hydrogen) atoms. The Morgan fingerprint density at radius 3 is 2.72 bits per heavy atom. The van der Waals surface area contributed by atoms with Crippen molar-refractivity contribution < 1.29 is 24.9 Å². The number of aliphatic hydroxyl groups excluding tert-OH is 2. The van der Waals surface area contributed by atoms with E-state index < -0.39 is 18.2 Å². The summed E-state index contributed by atoms with van der Waals surface area (Å²) in [4.78, 5) is 22.5. The monoisotopic (exact) mass is 352 g/mol. The highest BCUT2D eigenvalue weighted by Gasteiger charge is 2.39. The van der Waals surface area contributed by atoms with Crippen molar-refractivity contribution in [3.8, 4) is 0 Å². The molecular formula is C20H32O5. The maximum absolute atomic E-state index is 12.1. The van der Waals surface area contributed by atoms with Crippen LogP contribution in [0.3, 0.4) is 0 Å². The Balaban J connectivity index is 2.48. The largest absolute Gasteiger partial charge is 0.481 e. The van der Waals surface area contributed by atoms with Crippen LogP contribution in [0.1, 0.15) is 64.7 Å². The minimum Gasteiger partial charge on any atom is -0.481 e. The van der Waals surface area contributed by atoms with Gasteiger partial charge in [0.25, 0.3) is 0 Å². The normalized spacial score (nSPS) is 25.2. The maximum Gasteiger partial charge on any atom is 0.303 e. The molecule has 0 saturated heterocycles. The third kappa shape index (κ3) is 8.45. The standard InChI is InChI=1S/C20H32O5/c1-2-3-6-9-15(21)12-13-17-16(18(22)14-19(17)23)10-7-4-5-8-11-20(24)25/h4,7,12-13,15-17,19,21,23H,2-3,5-6,8-11,14H2,1H3,(H,24,25)/t15?,16?,17-,19?/m1/s1. The zero-order valence-corrected chi connectivity index (χ0v) is 15.1. The number of aliphatic hydroxyl groups is 2. The Labute approximate surface area is 150 Å². The van der Waals surface area contributed by atoms with E-state index in [1.165, 1.54) is 0 Å². The molecule has 4 atom stereocenters. The van der Waals surface area contributed by atoms with E-state index in [1.807, 2.05) is 12.2 Å². The molecule has 5 nitrogen and oxygen atoms in total. The second kappa shape index (κ2) is 12.0. The van der Waals surface area contributed by atoms with E-state index in [0.29, 0.717) is 25.7 Å². The number of aliphatic carboxylic acids is 1. The molecule has 0 aliphatic heterocycles. The summed E-state index contributed by atoms with van der Waals surface area (Å²) in [7, 11) is 0. The van der Waals surface area contributed by atoms with Crippen LogP contribution >= 0.6 is 0 Å². The number of unbranched alkanes of at least 4 members (excludes halogenated alkanes) is 3. The van der Waals surface area contributed by atoms with Crippen LogP contribution in [0.25, 0.3) is 0 Å². The fourth-order valence-corrected chi connectivity index (χ4v) is 3.22. The number of carboxylic acids is 1. The predicted octanol–water partition coefficient (Wildman–Crippen LogP) is 3.25. The number of hydrogen-bond acceptors (Lipinski definition) is 4. The van der Waals surface area contributed by atoms with E-state index >= 15 is 0 Å². The van der Waals surface area contributed by atoms with Gasteiger partial charge in [-0.05, 0) is 25.7 Å². The summed E-state index contributed by atoms with van der Waals surface area (Å²) < 4.78 is 0. The average Bonchev–Trinajstić information content (AvgIpc) is 2.82. The lowest BCUT2D eigenvalue weighted by atomic mass is 9.90. The Morgan fingerprint density at radius 1 is 1.28 bits per heavy atom. The second-order valence-electron chi connectivity index (χ2n) is 6.86. The van der Waals surface area contributed by atoms with Crippen molar-refractivity contribution >= 4 is 11.8 Å². The summed E-state index contributed by atoms with van der Waals surface area (Å²) in [5, 5.41) is 28.7. The molecule has 1 fully saturated rings. The van der Waals surface area contributed by atoms with E-state index in [9.17, 15) is 19.8 Å². The molecule has 5 heteroatoms. The molecule has 0 bridgehead atoms. The SMILES string of the molecule is CCCCCC(O)C=C[C@H]1C(O)CC(=O)C1CC=CCCCC(=O)O. The smallest absolute Gasteiger partial charge is 0.303 e. The number of Topliss-reactive ketones (excluding diaryl/α,β-unsaturated/α-hetero) is 1. The van der Waals surface area contributed by atoms with Gasteiger partial charge in [0.05, 0.1) is 12.2 Å². The minimum absolute atomic E-state index is 0.0535. The van der Waals surface area contributed by atoms with Crippen LogP contribution in [0.2, 0.25) is 0 Å². The lowest BCUT2D eigenvalue weighted by Gasteiger charge is -2.16. The summed E-state index contributed by atoms with van der Waals surface area (Å²) in [5.41, 5.74) is 0. The minimum atomic E-state index is -0.801. The molecule has 0 radical (unpaired) electrons. The van der Waals surface area contributed by atoms with Gasteiger partial charge in [0.2, 0.25) is 0 Å². The average molecular weight is 352 g/mol. The fraction of sp³-hybridized carbons (Fsp3) is 0.700. The first-order valence-corrected chi connectivity index (χ1v) is 9.39. The van der Waals surface area contributed by atoms with Gasteiger partial charge in [0.15, 0.2) is 0 Å². The molecule has 1 saturated carbocycles. The van der Waals surface area contributed by atoms with E-state index in [0.717, 1.165) is 19.3 Å². The number of rotatable bonds is 12. The zero-order chi connectivity index (χ0) is 18.7. The summed E-state index contributed by atoms with van der Waals surface area (Å²) in [6.45, 7) is 2.11. The van der Waals surface area contributed by atoms with E-state index in [2.05, 4.69) is 6.92 Å². The van der Waals surface area contributed by atoms with E-state index in [4.69, 9.17) is 5.11 Å². The fourth-order valence-electron chi connectivity index (χ4n) is 3.22. The lowest BCUT2D eigenvalue weighted by Crippen LogP contribution is -2.18. The number of carbonyl (C=O) groups is 2. The highest BCUT2D eigenvalue weighted by atomic mass is 16.4. The molecule has 1 aliphatic carbocycles. The second-order valence-corrected chi connectivity index (χ2v) is 6.86. The quantitative estimate of drug-likeness (QED) is 0.370. The number of ketones is 1. The van der Waals surface area contributed by atoms with E-state index in [-0.39, 0.29) is 30.5 Å². The van der Waals surface area contributed by atoms with Crippen LogP contribution in [-0.2, 0) is 9.59 Å². The first-order valence-electron chi connectivity index (χ1n) is 9.39. The predicted molar refractivity (Wildman–Crippen MR) is 97.1 cm³/mol. The van der Waals surface area contributed by atoms with Crippen molar-refractivity contribution in [3.63, 3.8) is 0 Å². The van der Waals surface area contributed by atoms with Crippen LogP contribution in [0.5, 0.6) is 0 Å². The summed E-state index contributed by atoms with van der Waals surface area (Å²) in [5.74, 6) is -1.26. The van der Waals surface area contributed by atoms with Crippen LogP contribution in [0, 0.1) is 11.8 Å². The Bertz CT molecular complexity index is 469. The van der Waals surface area contributed by atoms with Gasteiger partial charge < -0.3 is 15.3 Å². The van der Waals surface area contributed by atoms with Crippen LogP contribution in [0.15, 0.2) is 24.3 Å². The highest BCUT2D eigenvalue weighted by Crippen LogP contribution is 2.33. The molecule has 1 aliphatic rings. The van der Waals surface area contributed by atoms with Gasteiger partial charge in [0.1, 0.15) is 5.78 Å². The first kappa shape index (κ1) is 21.6. The molecule has 3 N–H and O–H groups in total. The lowest BCUT2D eigenvalue weighted by molar-refractivity contribution is -0.137. The molecule has 3 unspecified atom stereocenters. The van der Waals surface area contributed by atoms with Crippen molar-refractivity contribution in [3.05, 3.63) is 24.3 Å². The Kier molecular flexibility index (Phi) is 10.3. The van der Waals surface area contributed by atoms with E-state index in [1.54, 1.807) is 12.2 Å². The van der Waals surface area contributed by atoms with Crippen molar-refractivity contribution in [2.24, 2.45) is 11.8 Å². The van der Waals surface area contributed by atoms with Crippen molar-refractivity contribution in [2.45, 2.75) is 76.9 Å². The molecule has 142 valence electrons. The van der Waals surface area contributed by atoms with Gasteiger partial charge >= 0.3 is 5.97 Å². The number of carbonyl (C=O) groups excluding carboxylic acids is 1. The van der Waals surface area contributed by atoms with Crippen molar-refractivity contribution in [1.82, 2.24) is 0 Å². The van der Waals surface area contributed by atoms with Gasteiger partial charge in [-0.3, -0.25) is 9.59 Å². The van der Waals surface area contributed by atoms with Gasteiger partial charge in [-0.1, -0.05) is 50.5 Å².